The normalized spacial score (nSPS) is 10.1. The first-order valence-corrected chi connectivity index (χ1v) is 7.51. The van der Waals surface area contributed by atoms with Crippen LogP contribution >= 0.6 is 0 Å². The minimum Gasteiger partial charge on any atom is 0 e. The van der Waals surface area contributed by atoms with E-state index in [1.807, 2.05) is 13.1 Å². The molecule has 0 bridgehead atoms. The molecule has 0 aromatic rings. The van der Waals surface area contributed by atoms with Gasteiger partial charge in [-0.1, -0.05) is 19.1 Å². The van der Waals surface area contributed by atoms with Crippen molar-refractivity contribution < 1.29 is 76.5 Å². The predicted octanol–water partition coefficient (Wildman–Crippen LogP) is 3.09. The molecule has 7 heteroatoms. The van der Waals surface area contributed by atoms with E-state index in [0.29, 0.717) is 37.0 Å². The summed E-state index contributed by atoms with van der Waals surface area (Å²) in [5, 5.41) is 0. The Kier molecular flexibility index (Phi) is 18.8. The van der Waals surface area contributed by atoms with Gasteiger partial charge in [-0.3, -0.25) is 0 Å². The molecule has 0 aliphatic carbocycles. The van der Waals surface area contributed by atoms with E-state index in [2.05, 4.69) is 0 Å². The van der Waals surface area contributed by atoms with Gasteiger partial charge in [-0.05, 0) is 6.42 Å². The minimum absolute atomic E-state index is 0. The van der Waals surface area contributed by atoms with Crippen molar-refractivity contribution in [3.8, 4) is 0 Å². The van der Waals surface area contributed by atoms with Crippen LogP contribution in [0.1, 0.15) is 12.8 Å². The number of hydrogen-bond donors (Lipinski definition) is 0. The summed E-state index contributed by atoms with van der Waals surface area (Å²) in [5.74, 6) is 0. The summed E-state index contributed by atoms with van der Waals surface area (Å²) in [7, 11) is -0.457. The van der Waals surface area contributed by atoms with Crippen molar-refractivity contribution in [2.45, 2.75) is 38.2 Å². The van der Waals surface area contributed by atoms with Gasteiger partial charge < -0.3 is 0 Å². The zero-order valence-electron chi connectivity index (χ0n) is 7.86. The zero-order chi connectivity index (χ0) is 10.2. The summed E-state index contributed by atoms with van der Waals surface area (Å²) >= 11 is 0.350. The van der Waals surface area contributed by atoms with Gasteiger partial charge in [0.15, 0.2) is 0 Å². The molecule has 0 N–H and O–H groups in total. The summed E-state index contributed by atoms with van der Waals surface area (Å²) < 4.78 is 41.7. The third-order valence-corrected chi connectivity index (χ3v) is 2.49. The predicted molar refractivity (Wildman–Crippen MR) is 39.3 cm³/mol. The first kappa shape index (κ1) is 20.4. The van der Waals surface area contributed by atoms with Crippen molar-refractivity contribution in [1.82, 2.24) is 0 Å². The molecular formula is C6H12F3NSiY2. The van der Waals surface area contributed by atoms with Crippen molar-refractivity contribution in [3.63, 3.8) is 0 Å². The molecule has 13 heavy (non-hydrogen) atoms. The summed E-state index contributed by atoms with van der Waals surface area (Å²) in [4.78, 5) is 0. The SMILES string of the molecule is C[Si](C)CCCC(F)(F)F.[N]#[Y].[Y]. The smallest absolute Gasteiger partial charge is 0 e. The molecule has 72 valence electrons. The van der Waals surface area contributed by atoms with Crippen LogP contribution in [-0.4, -0.2) is 15.0 Å². The van der Waals surface area contributed by atoms with Gasteiger partial charge in [0.05, 0.1) is 0 Å². The van der Waals surface area contributed by atoms with Crippen LogP contribution in [0.3, 0.4) is 0 Å². The Hall–Kier alpha value is 1.92. The van der Waals surface area contributed by atoms with E-state index in [9.17, 15) is 13.2 Å². The van der Waals surface area contributed by atoms with Crippen LogP contribution in [0.15, 0.2) is 0 Å². The summed E-state index contributed by atoms with van der Waals surface area (Å²) in [5.41, 5.74) is 0. The fraction of sp³-hybridized carbons (Fsp3) is 1.00. The molecule has 0 saturated carbocycles. The Labute approximate surface area is 124 Å². The van der Waals surface area contributed by atoms with Crippen molar-refractivity contribution in [1.29, 1.82) is 2.28 Å². The first-order valence-electron chi connectivity index (χ1n) is 3.53. The second-order valence-electron chi connectivity index (χ2n) is 2.68. The molecule has 0 heterocycles. The number of hydrogen-bond acceptors (Lipinski definition) is 1. The van der Waals surface area contributed by atoms with Gasteiger partial charge in [-0.2, -0.15) is 13.2 Å². The van der Waals surface area contributed by atoms with E-state index in [1.165, 1.54) is 0 Å². The van der Waals surface area contributed by atoms with Crippen molar-refractivity contribution in [2.24, 2.45) is 0 Å². The van der Waals surface area contributed by atoms with E-state index in [-0.39, 0.29) is 32.7 Å². The Balaban J connectivity index is -0.000000309. The molecule has 2 radical (unpaired) electrons. The molecule has 0 aromatic carbocycles. The molecule has 0 spiro atoms. The monoisotopic (exact) mass is 361 g/mol. The van der Waals surface area contributed by atoms with Gasteiger partial charge in [0.1, 0.15) is 0 Å². The standard InChI is InChI=1S/C6H12F3Si.N.2Y/c1-10(2)5-3-4-6(7,8)9;;;/h3-5H2,1-2H3;;;. The third kappa shape index (κ3) is 24.9. The number of halogens is 3. The third-order valence-electron chi connectivity index (χ3n) is 1.14. The van der Waals surface area contributed by atoms with E-state index in [1.54, 1.807) is 0 Å². The van der Waals surface area contributed by atoms with Crippen LogP contribution in [0, 0.1) is 2.28 Å². The Morgan fingerprint density at radius 2 is 1.62 bits per heavy atom. The average Bonchev–Trinajstić information content (AvgIpc) is 1.88. The van der Waals surface area contributed by atoms with Gasteiger partial charge in [0, 0.05) is 47.9 Å². The molecule has 0 atom stereocenters. The molecule has 0 amide bonds. The van der Waals surface area contributed by atoms with Crippen LogP contribution in [0.5, 0.6) is 0 Å². The van der Waals surface area contributed by atoms with Gasteiger partial charge in [-0.15, -0.1) is 0 Å². The first-order chi connectivity index (χ1) is 5.42. The maximum Gasteiger partial charge on any atom is 0 e. The van der Waals surface area contributed by atoms with Crippen LogP contribution in [-0.2, 0) is 63.3 Å². The van der Waals surface area contributed by atoms with Gasteiger partial charge in [-0.25, -0.2) is 0 Å². The summed E-state index contributed by atoms with van der Waals surface area (Å²) in [6.45, 7) is 4.06. The van der Waals surface area contributed by atoms with E-state index in [4.69, 9.17) is 2.28 Å². The second-order valence-corrected chi connectivity index (χ2v) is 5.59. The maximum atomic E-state index is 11.5. The molecule has 1 nitrogen and oxygen atoms in total. The quantitative estimate of drug-likeness (QED) is 0.709. The van der Waals surface area contributed by atoms with E-state index >= 15 is 0 Å². The van der Waals surface area contributed by atoms with Crippen LogP contribution in [0.4, 0.5) is 13.2 Å². The number of alkyl halides is 3. The molecular weight excluding hydrogens is 349 g/mol. The average molecular weight is 361 g/mol. The molecule has 0 aliphatic heterocycles. The second kappa shape index (κ2) is 12.0. The maximum absolute atomic E-state index is 11.5. The zero-order valence-corrected chi connectivity index (χ0v) is 14.5. The molecule has 0 saturated heterocycles. The van der Waals surface area contributed by atoms with Crippen LogP contribution in [0.25, 0.3) is 0 Å². The fourth-order valence-electron chi connectivity index (χ4n) is 0.642. The summed E-state index contributed by atoms with van der Waals surface area (Å²) in [6.07, 6.45) is -4.25. The van der Waals surface area contributed by atoms with Crippen molar-refractivity contribution >= 4 is 8.80 Å². The van der Waals surface area contributed by atoms with Crippen LogP contribution < -0.4 is 0 Å². The Morgan fingerprint density at radius 3 is 1.85 bits per heavy atom. The Bertz CT molecular complexity index is 127. The molecule has 0 unspecified atom stereocenters. The molecule has 0 aliphatic rings. The molecule has 0 fully saturated rings. The van der Waals surface area contributed by atoms with Gasteiger partial charge in [0.2, 0.25) is 0 Å². The van der Waals surface area contributed by atoms with Crippen LogP contribution in [0.2, 0.25) is 19.1 Å². The van der Waals surface area contributed by atoms with Gasteiger partial charge >= 0.3 is 39.1 Å². The van der Waals surface area contributed by atoms with E-state index < -0.39 is 21.4 Å². The minimum atomic E-state index is -3.95. The van der Waals surface area contributed by atoms with Crippen molar-refractivity contribution in [2.75, 3.05) is 0 Å². The van der Waals surface area contributed by atoms with Gasteiger partial charge in [0.25, 0.3) is 0 Å². The number of rotatable bonds is 3. The van der Waals surface area contributed by atoms with E-state index in [0.717, 1.165) is 6.04 Å². The van der Waals surface area contributed by atoms with Crippen molar-refractivity contribution in [3.05, 3.63) is 0 Å². The Morgan fingerprint density at radius 1 is 1.23 bits per heavy atom. The molecule has 0 rings (SSSR count). The largest absolute Gasteiger partial charge is 0 e. The molecule has 0 aromatic heterocycles. The topological polar surface area (TPSA) is 23.8 Å². The number of nitrogens with zero attached hydrogens (tertiary/aromatic N) is 1. The summed E-state index contributed by atoms with van der Waals surface area (Å²) in [6, 6.07) is 0.768. The fourth-order valence-corrected chi connectivity index (χ4v) is 1.53.